The van der Waals surface area contributed by atoms with Crippen LogP contribution in [0.15, 0.2) is 24.3 Å². The van der Waals surface area contributed by atoms with E-state index < -0.39 is 0 Å². The molecular formula is C38H58N2. The smallest absolute Gasteiger partial charge is 0.0384 e. The first kappa shape index (κ1) is 29.7. The quantitative estimate of drug-likeness (QED) is 0.342. The third kappa shape index (κ3) is 4.56. The van der Waals surface area contributed by atoms with Gasteiger partial charge in [-0.1, -0.05) is 94.2 Å². The van der Waals surface area contributed by atoms with E-state index in [0.717, 1.165) is 31.2 Å². The van der Waals surface area contributed by atoms with Crippen molar-refractivity contribution in [2.45, 2.75) is 148 Å². The molecular weight excluding hydrogens is 484 g/mol. The molecule has 0 amide bonds. The summed E-state index contributed by atoms with van der Waals surface area (Å²) >= 11 is 0. The molecule has 40 heavy (non-hydrogen) atoms. The molecule has 0 spiro atoms. The van der Waals surface area contributed by atoms with Gasteiger partial charge in [0.05, 0.1) is 0 Å². The van der Waals surface area contributed by atoms with Gasteiger partial charge in [-0.15, -0.1) is 0 Å². The molecule has 3 aliphatic rings. The molecule has 3 aliphatic carbocycles. The summed E-state index contributed by atoms with van der Waals surface area (Å²) in [7, 11) is 0. The Bertz CT molecular complexity index is 1240. The maximum Gasteiger partial charge on any atom is 0.0384 e. The van der Waals surface area contributed by atoms with E-state index in [1.54, 1.807) is 11.1 Å². The van der Waals surface area contributed by atoms with Crippen molar-refractivity contribution >= 4 is 5.69 Å². The zero-order valence-corrected chi connectivity index (χ0v) is 27.5. The van der Waals surface area contributed by atoms with Gasteiger partial charge in [0.25, 0.3) is 0 Å². The fourth-order valence-corrected chi connectivity index (χ4v) is 9.47. The molecule has 220 valence electrons. The molecule has 0 saturated heterocycles. The van der Waals surface area contributed by atoms with Gasteiger partial charge < -0.3 is 11.1 Å². The average Bonchev–Trinajstić information content (AvgIpc) is 3.29. The SMILES string of the molecule is CCCCNc1cc2c(cc1C(C)(C)C)[C@]13CC(C)C[C@]1(CC(C)C3)c1cc(C(C)(C)C)c(C(N)CCC)cc1-2. The first-order chi connectivity index (χ1) is 18.7. The average molecular weight is 543 g/mol. The molecule has 2 heteroatoms. The number of hydrogen-bond donors (Lipinski definition) is 2. The van der Waals surface area contributed by atoms with Crippen LogP contribution in [0.1, 0.15) is 154 Å². The van der Waals surface area contributed by atoms with Crippen LogP contribution in [0.25, 0.3) is 11.1 Å². The summed E-state index contributed by atoms with van der Waals surface area (Å²) in [6.07, 6.45) is 9.82. The molecule has 0 bridgehead atoms. The Hall–Kier alpha value is -1.80. The fourth-order valence-electron chi connectivity index (χ4n) is 9.47. The predicted octanol–water partition coefficient (Wildman–Crippen LogP) is 10.3. The minimum atomic E-state index is 0.0622. The Morgan fingerprint density at radius 1 is 0.775 bits per heavy atom. The highest BCUT2D eigenvalue weighted by Gasteiger charge is 2.65. The number of rotatable bonds is 7. The summed E-state index contributed by atoms with van der Waals surface area (Å²) in [5.74, 6) is 1.48. The van der Waals surface area contributed by atoms with Gasteiger partial charge in [0.2, 0.25) is 0 Å². The minimum Gasteiger partial charge on any atom is -0.385 e. The van der Waals surface area contributed by atoms with E-state index in [2.05, 4.69) is 98.8 Å². The highest BCUT2D eigenvalue weighted by molar-refractivity contribution is 5.84. The second kappa shape index (κ2) is 10.2. The topological polar surface area (TPSA) is 38.0 Å². The fraction of sp³-hybridized carbons (Fsp3) is 0.684. The highest BCUT2D eigenvalue weighted by atomic mass is 14.9. The zero-order chi connectivity index (χ0) is 29.3. The van der Waals surface area contributed by atoms with Gasteiger partial charge in [-0.25, -0.2) is 0 Å². The van der Waals surface area contributed by atoms with Gasteiger partial charge in [0, 0.05) is 29.1 Å². The van der Waals surface area contributed by atoms with Gasteiger partial charge in [-0.05, 0) is 112 Å². The molecule has 2 aromatic rings. The van der Waals surface area contributed by atoms with Gasteiger partial charge in [-0.3, -0.25) is 0 Å². The number of benzene rings is 2. The Morgan fingerprint density at radius 2 is 1.27 bits per heavy atom. The molecule has 3 N–H and O–H groups in total. The van der Waals surface area contributed by atoms with Crippen LogP contribution in [-0.4, -0.2) is 6.54 Å². The molecule has 2 fully saturated rings. The lowest BCUT2D eigenvalue weighted by molar-refractivity contribution is 0.298. The van der Waals surface area contributed by atoms with Crippen molar-refractivity contribution in [3.8, 4) is 11.1 Å². The van der Waals surface area contributed by atoms with Crippen molar-refractivity contribution in [1.29, 1.82) is 0 Å². The molecule has 5 rings (SSSR count). The van der Waals surface area contributed by atoms with E-state index in [-0.39, 0.29) is 27.7 Å². The van der Waals surface area contributed by atoms with E-state index in [1.807, 2.05) is 0 Å². The molecule has 0 aliphatic heterocycles. The second-order valence-electron chi connectivity index (χ2n) is 16.3. The third-order valence-electron chi connectivity index (χ3n) is 10.8. The number of nitrogens with one attached hydrogen (secondary N) is 1. The first-order valence-corrected chi connectivity index (χ1v) is 16.6. The predicted molar refractivity (Wildman–Crippen MR) is 175 cm³/mol. The number of fused-ring (bicyclic) bond motifs is 3. The van der Waals surface area contributed by atoms with Crippen LogP contribution in [-0.2, 0) is 21.7 Å². The summed E-state index contributed by atoms with van der Waals surface area (Å²) < 4.78 is 0. The molecule has 2 nitrogen and oxygen atoms in total. The summed E-state index contributed by atoms with van der Waals surface area (Å²) in [5, 5.41) is 3.90. The van der Waals surface area contributed by atoms with Crippen LogP contribution in [0.3, 0.4) is 0 Å². The summed E-state index contributed by atoms with van der Waals surface area (Å²) in [5.41, 5.74) is 19.6. The van der Waals surface area contributed by atoms with Crippen LogP contribution < -0.4 is 11.1 Å². The van der Waals surface area contributed by atoms with E-state index in [0.29, 0.717) is 0 Å². The number of hydrogen-bond acceptors (Lipinski definition) is 2. The monoisotopic (exact) mass is 542 g/mol. The maximum atomic E-state index is 6.99. The van der Waals surface area contributed by atoms with Crippen LogP contribution in [0.2, 0.25) is 0 Å². The molecule has 0 aromatic heterocycles. The Kier molecular flexibility index (Phi) is 7.55. The molecule has 3 unspecified atom stereocenters. The van der Waals surface area contributed by atoms with Crippen molar-refractivity contribution in [2.75, 3.05) is 11.9 Å². The van der Waals surface area contributed by atoms with Gasteiger partial charge in [0.15, 0.2) is 0 Å². The lowest BCUT2D eigenvalue weighted by atomic mass is 9.54. The molecule has 0 heterocycles. The van der Waals surface area contributed by atoms with Gasteiger partial charge >= 0.3 is 0 Å². The van der Waals surface area contributed by atoms with Crippen LogP contribution in [0.4, 0.5) is 5.69 Å². The number of unbranched alkanes of at least 4 members (excludes halogenated alkanes) is 1. The molecule has 2 aromatic carbocycles. The summed E-state index contributed by atoms with van der Waals surface area (Å²) in [6.45, 7) is 25.0. The normalized spacial score (nSPS) is 28.1. The van der Waals surface area contributed by atoms with Crippen LogP contribution >= 0.6 is 0 Å². The molecule has 3 atom stereocenters. The third-order valence-corrected chi connectivity index (χ3v) is 10.8. The second-order valence-corrected chi connectivity index (χ2v) is 16.3. The first-order valence-electron chi connectivity index (χ1n) is 16.6. The van der Waals surface area contributed by atoms with Crippen molar-refractivity contribution in [2.24, 2.45) is 17.6 Å². The largest absolute Gasteiger partial charge is 0.385 e. The lowest BCUT2D eigenvalue weighted by Crippen LogP contribution is -2.44. The number of nitrogens with two attached hydrogens (primary N) is 1. The van der Waals surface area contributed by atoms with E-state index in [4.69, 9.17) is 5.73 Å². The van der Waals surface area contributed by atoms with E-state index in [9.17, 15) is 0 Å². The Labute approximate surface area is 246 Å². The zero-order valence-electron chi connectivity index (χ0n) is 27.5. The van der Waals surface area contributed by atoms with Gasteiger partial charge in [0.1, 0.15) is 0 Å². The molecule has 0 radical (unpaired) electrons. The van der Waals surface area contributed by atoms with Crippen molar-refractivity contribution in [1.82, 2.24) is 0 Å². The van der Waals surface area contributed by atoms with Gasteiger partial charge in [-0.2, -0.15) is 0 Å². The van der Waals surface area contributed by atoms with Crippen molar-refractivity contribution < 1.29 is 0 Å². The minimum absolute atomic E-state index is 0.0622. The lowest BCUT2D eigenvalue weighted by Gasteiger charge is -2.49. The van der Waals surface area contributed by atoms with E-state index in [1.165, 1.54) is 72.0 Å². The summed E-state index contributed by atoms with van der Waals surface area (Å²) in [6, 6.07) is 10.6. The van der Waals surface area contributed by atoms with Crippen LogP contribution in [0.5, 0.6) is 0 Å². The standard InChI is InChI=1S/C38H58N2/c1-11-13-15-40-34-17-27-26-16-28(33(39)14-12-2)29(35(5,6)7)18-30(26)37-20-24(3)22-38(37,23-25(4)21-37)31(27)19-32(34)36(8,9)10/h16-19,24-25,33,40H,11-15,20-23,39H2,1-10H3/t24?,25?,33?,37-,38+. The number of anilines is 1. The molecule has 2 saturated carbocycles. The maximum absolute atomic E-state index is 6.99. The van der Waals surface area contributed by atoms with Crippen molar-refractivity contribution in [3.63, 3.8) is 0 Å². The Morgan fingerprint density at radius 3 is 1.75 bits per heavy atom. The van der Waals surface area contributed by atoms with Crippen LogP contribution in [0, 0.1) is 11.8 Å². The van der Waals surface area contributed by atoms with E-state index >= 15 is 0 Å². The Balaban J connectivity index is 1.87. The van der Waals surface area contributed by atoms with Crippen molar-refractivity contribution in [3.05, 3.63) is 52.1 Å². The highest BCUT2D eigenvalue weighted by Crippen LogP contribution is 2.72. The summed E-state index contributed by atoms with van der Waals surface area (Å²) in [4.78, 5) is 0.